The van der Waals surface area contributed by atoms with Gasteiger partial charge in [0.2, 0.25) is 5.91 Å². The van der Waals surface area contributed by atoms with Crippen molar-refractivity contribution in [3.8, 4) is 5.75 Å². The van der Waals surface area contributed by atoms with Crippen LogP contribution < -0.4 is 21.1 Å². The first-order chi connectivity index (χ1) is 14.6. The molecule has 0 bridgehead atoms. The van der Waals surface area contributed by atoms with Gasteiger partial charge < -0.3 is 21.1 Å². The molecular formula is C23H22N4O3. The zero-order valence-corrected chi connectivity index (χ0v) is 16.2. The summed E-state index contributed by atoms with van der Waals surface area (Å²) in [5.41, 5.74) is 9.16. The van der Waals surface area contributed by atoms with Crippen LogP contribution in [0.2, 0.25) is 0 Å². The van der Waals surface area contributed by atoms with Gasteiger partial charge >= 0.3 is 0 Å². The largest absolute Gasteiger partial charge is 0.492 e. The number of ether oxygens (including phenoxy) is 1. The van der Waals surface area contributed by atoms with Gasteiger partial charge in [0.25, 0.3) is 5.91 Å². The molecule has 2 amide bonds. The predicted octanol–water partition coefficient (Wildman–Crippen LogP) is 2.63. The number of benzene rings is 2. The van der Waals surface area contributed by atoms with Crippen LogP contribution in [0.3, 0.4) is 0 Å². The number of nitrogens with two attached hydrogens (primary N) is 1. The minimum atomic E-state index is -0.385. The number of hydrogen-bond acceptors (Lipinski definition) is 5. The smallest absolute Gasteiger partial charge is 0.255 e. The second kappa shape index (κ2) is 8.75. The fourth-order valence-corrected chi connectivity index (χ4v) is 3.35. The number of hydrogen-bond donors (Lipinski definition) is 3. The van der Waals surface area contributed by atoms with Crippen molar-refractivity contribution in [2.75, 3.05) is 18.5 Å². The summed E-state index contributed by atoms with van der Waals surface area (Å²) in [6, 6.07) is 17.6. The second-order valence-electron chi connectivity index (χ2n) is 7.07. The summed E-state index contributed by atoms with van der Waals surface area (Å²) in [4.78, 5) is 28.8. The van der Waals surface area contributed by atoms with E-state index in [1.54, 1.807) is 48.8 Å². The summed E-state index contributed by atoms with van der Waals surface area (Å²) in [6.07, 6.45) is 3.23. The molecule has 0 aliphatic carbocycles. The number of pyridine rings is 1. The van der Waals surface area contributed by atoms with Gasteiger partial charge in [-0.05, 0) is 35.9 Å². The first kappa shape index (κ1) is 19.6. The van der Waals surface area contributed by atoms with Crippen LogP contribution in [0.4, 0.5) is 5.69 Å². The summed E-state index contributed by atoms with van der Waals surface area (Å²) in [5, 5.41) is 5.71. The van der Waals surface area contributed by atoms with E-state index in [-0.39, 0.29) is 23.8 Å². The summed E-state index contributed by atoms with van der Waals surface area (Å²) in [5.74, 6) is 0.105. The zero-order valence-electron chi connectivity index (χ0n) is 16.2. The fraction of sp³-hybridized carbons (Fsp3) is 0.174. The van der Waals surface area contributed by atoms with E-state index in [1.165, 1.54) is 0 Å². The molecule has 0 saturated heterocycles. The number of carbonyl (C=O) groups is 2. The molecule has 2 atom stereocenters. The Morgan fingerprint density at radius 3 is 2.57 bits per heavy atom. The molecule has 1 aliphatic rings. The van der Waals surface area contributed by atoms with Crippen molar-refractivity contribution in [2.24, 2.45) is 5.73 Å². The van der Waals surface area contributed by atoms with Gasteiger partial charge in [0.05, 0.1) is 0 Å². The maximum Gasteiger partial charge on any atom is 0.255 e. The van der Waals surface area contributed by atoms with E-state index >= 15 is 0 Å². The lowest BCUT2D eigenvalue weighted by Gasteiger charge is -2.16. The molecule has 4 rings (SSSR count). The van der Waals surface area contributed by atoms with Crippen molar-refractivity contribution in [1.82, 2.24) is 10.3 Å². The zero-order chi connectivity index (χ0) is 20.9. The quantitative estimate of drug-likeness (QED) is 0.588. The monoisotopic (exact) mass is 402 g/mol. The van der Waals surface area contributed by atoms with E-state index in [0.717, 1.165) is 16.9 Å². The molecule has 0 spiro atoms. The van der Waals surface area contributed by atoms with Gasteiger partial charge in [-0.2, -0.15) is 0 Å². The molecular weight excluding hydrogens is 380 g/mol. The highest BCUT2D eigenvalue weighted by molar-refractivity contribution is 6.04. The van der Waals surface area contributed by atoms with Crippen LogP contribution in [0.1, 0.15) is 33.4 Å². The van der Waals surface area contributed by atoms with Gasteiger partial charge in [-0.1, -0.05) is 30.3 Å². The Hall–Kier alpha value is -3.71. The maximum absolute atomic E-state index is 12.6. The highest BCUT2D eigenvalue weighted by atomic mass is 16.5. The van der Waals surface area contributed by atoms with Crippen molar-refractivity contribution in [3.05, 3.63) is 89.7 Å². The van der Waals surface area contributed by atoms with E-state index in [4.69, 9.17) is 10.5 Å². The topological polar surface area (TPSA) is 106 Å². The van der Waals surface area contributed by atoms with E-state index in [9.17, 15) is 9.59 Å². The van der Waals surface area contributed by atoms with E-state index in [1.807, 2.05) is 24.3 Å². The molecule has 4 N–H and O–H groups in total. The second-order valence-corrected chi connectivity index (χ2v) is 7.07. The lowest BCUT2D eigenvalue weighted by molar-refractivity contribution is -0.122. The molecule has 0 saturated carbocycles. The van der Waals surface area contributed by atoms with Crippen LogP contribution in [0.5, 0.6) is 5.75 Å². The van der Waals surface area contributed by atoms with Gasteiger partial charge in [0.1, 0.15) is 18.3 Å². The molecule has 30 heavy (non-hydrogen) atoms. The number of nitrogens with zero attached hydrogens (tertiary/aromatic N) is 1. The summed E-state index contributed by atoms with van der Waals surface area (Å²) >= 11 is 0. The standard InChI is InChI=1S/C23H22N4O3/c24-20(13-26-23(29)19-14-30-21-4-2-1-3-18(19)21)15-5-7-16(8-6-15)22(28)27-17-9-11-25-12-10-17/h1-12,19-20H,13-14,24H2,(H,26,29)(H,25,27,28)/t19-,20+/m1/s1. The molecule has 0 fully saturated rings. The molecule has 3 aromatic rings. The van der Waals surface area contributed by atoms with Crippen LogP contribution in [0, 0.1) is 0 Å². The normalized spacial score (nSPS) is 15.6. The average Bonchev–Trinajstić information content (AvgIpc) is 3.22. The van der Waals surface area contributed by atoms with Crippen LogP contribution in [0.25, 0.3) is 0 Å². The van der Waals surface area contributed by atoms with Gasteiger partial charge in [0, 0.05) is 41.8 Å². The maximum atomic E-state index is 12.6. The minimum absolute atomic E-state index is 0.108. The number of amides is 2. The number of rotatable bonds is 6. The van der Waals surface area contributed by atoms with Crippen molar-refractivity contribution >= 4 is 17.5 Å². The summed E-state index contributed by atoms with van der Waals surface area (Å²) in [6.45, 7) is 0.627. The molecule has 7 nitrogen and oxygen atoms in total. The Morgan fingerprint density at radius 1 is 1.07 bits per heavy atom. The predicted molar refractivity (Wildman–Crippen MR) is 113 cm³/mol. The first-order valence-corrected chi connectivity index (χ1v) is 9.68. The molecule has 2 heterocycles. The summed E-state index contributed by atoms with van der Waals surface area (Å²) in [7, 11) is 0. The van der Waals surface area contributed by atoms with Crippen LogP contribution in [-0.4, -0.2) is 29.9 Å². The number of nitrogens with one attached hydrogen (secondary N) is 2. The third-order valence-corrected chi connectivity index (χ3v) is 5.05. The first-order valence-electron chi connectivity index (χ1n) is 9.68. The van der Waals surface area contributed by atoms with Crippen molar-refractivity contribution < 1.29 is 14.3 Å². The molecule has 0 radical (unpaired) electrons. The lowest BCUT2D eigenvalue weighted by atomic mass is 10.00. The number of anilines is 1. The Labute approximate surface area is 174 Å². The number of para-hydroxylation sites is 1. The number of carbonyl (C=O) groups excluding carboxylic acids is 2. The number of fused-ring (bicyclic) bond motifs is 1. The Balaban J connectivity index is 1.32. The summed E-state index contributed by atoms with van der Waals surface area (Å²) < 4.78 is 5.57. The Kier molecular flexibility index (Phi) is 5.72. The van der Waals surface area contributed by atoms with E-state index in [0.29, 0.717) is 24.4 Å². The van der Waals surface area contributed by atoms with Crippen molar-refractivity contribution in [2.45, 2.75) is 12.0 Å². The average molecular weight is 402 g/mol. The molecule has 0 unspecified atom stereocenters. The van der Waals surface area contributed by atoms with Crippen LogP contribution >= 0.6 is 0 Å². The third kappa shape index (κ3) is 4.31. The van der Waals surface area contributed by atoms with Crippen LogP contribution in [-0.2, 0) is 4.79 Å². The van der Waals surface area contributed by atoms with Gasteiger partial charge in [-0.15, -0.1) is 0 Å². The Bertz CT molecular complexity index is 1040. The van der Waals surface area contributed by atoms with Crippen molar-refractivity contribution in [3.63, 3.8) is 0 Å². The molecule has 7 heteroatoms. The van der Waals surface area contributed by atoms with E-state index < -0.39 is 0 Å². The number of aromatic nitrogens is 1. The molecule has 2 aromatic carbocycles. The van der Waals surface area contributed by atoms with Gasteiger partial charge in [0.15, 0.2) is 0 Å². The minimum Gasteiger partial charge on any atom is -0.492 e. The van der Waals surface area contributed by atoms with Crippen molar-refractivity contribution in [1.29, 1.82) is 0 Å². The van der Waals surface area contributed by atoms with Gasteiger partial charge in [-0.25, -0.2) is 0 Å². The third-order valence-electron chi connectivity index (χ3n) is 5.05. The molecule has 1 aromatic heterocycles. The van der Waals surface area contributed by atoms with Gasteiger partial charge in [-0.3, -0.25) is 14.6 Å². The Morgan fingerprint density at radius 2 is 1.80 bits per heavy atom. The highest BCUT2D eigenvalue weighted by Crippen LogP contribution is 2.33. The van der Waals surface area contributed by atoms with E-state index in [2.05, 4.69) is 15.6 Å². The van der Waals surface area contributed by atoms with Crippen LogP contribution in [0.15, 0.2) is 73.1 Å². The lowest BCUT2D eigenvalue weighted by Crippen LogP contribution is -2.35. The SMILES string of the molecule is N[C@@H](CNC(=O)[C@@H]1COc2ccccc21)c1ccc(C(=O)Nc2ccncc2)cc1. The molecule has 152 valence electrons. The highest BCUT2D eigenvalue weighted by Gasteiger charge is 2.30. The molecule has 1 aliphatic heterocycles. The fourth-order valence-electron chi connectivity index (χ4n) is 3.35.